The highest BCUT2D eigenvalue weighted by Crippen LogP contribution is 2.37. The van der Waals surface area contributed by atoms with Gasteiger partial charge < -0.3 is 4.90 Å². The van der Waals surface area contributed by atoms with Gasteiger partial charge >= 0.3 is 0 Å². The van der Waals surface area contributed by atoms with Crippen molar-refractivity contribution in [3.05, 3.63) is 93.1 Å². The second-order valence-electron chi connectivity index (χ2n) is 7.93. The molecule has 2 aromatic carbocycles. The topological polar surface area (TPSA) is 19.4 Å². The van der Waals surface area contributed by atoms with Crippen LogP contribution in [0.2, 0.25) is 15.1 Å². The van der Waals surface area contributed by atoms with Crippen LogP contribution in [0.4, 0.5) is 5.82 Å². The van der Waals surface area contributed by atoms with Crippen molar-refractivity contribution in [2.24, 2.45) is 5.92 Å². The number of halogens is 3. The molecule has 0 amide bonds. The molecule has 3 aromatic rings. The van der Waals surface area contributed by atoms with E-state index in [2.05, 4.69) is 58.2 Å². The first-order chi connectivity index (χ1) is 14.5. The molecule has 0 bridgehead atoms. The van der Waals surface area contributed by atoms with Crippen molar-refractivity contribution < 1.29 is 0 Å². The molecular formula is C24H24Cl3N3. The van der Waals surface area contributed by atoms with Gasteiger partial charge in [-0.3, -0.25) is 4.90 Å². The fourth-order valence-electron chi connectivity index (χ4n) is 4.28. The smallest absolute Gasteiger partial charge is 0.128 e. The number of likely N-dealkylation sites (tertiary alicyclic amines) is 1. The molecule has 6 heteroatoms. The van der Waals surface area contributed by atoms with E-state index in [1.165, 1.54) is 11.1 Å². The summed E-state index contributed by atoms with van der Waals surface area (Å²) < 4.78 is 0. The zero-order valence-electron chi connectivity index (χ0n) is 16.8. The van der Waals surface area contributed by atoms with Crippen LogP contribution in [0.1, 0.15) is 17.0 Å². The van der Waals surface area contributed by atoms with Gasteiger partial charge in [-0.05, 0) is 41.3 Å². The molecule has 1 aliphatic heterocycles. The van der Waals surface area contributed by atoms with E-state index >= 15 is 0 Å². The van der Waals surface area contributed by atoms with Gasteiger partial charge in [-0.1, -0.05) is 71.2 Å². The van der Waals surface area contributed by atoms with Gasteiger partial charge in [0, 0.05) is 45.3 Å². The molecule has 1 saturated heterocycles. The summed E-state index contributed by atoms with van der Waals surface area (Å²) in [6.07, 6.45) is 1.69. The highest BCUT2D eigenvalue weighted by molar-refractivity contribution is 6.42. The molecule has 0 radical (unpaired) electrons. The number of rotatable bonds is 6. The van der Waals surface area contributed by atoms with Gasteiger partial charge in [-0.15, -0.1) is 0 Å². The SMILES string of the molecule is CN(C[C@H]1CN(Cc2ccccc2)C[C@@H]1c1ccc(Cl)c(Cl)c1)c1ccc(Cl)cn1. The van der Waals surface area contributed by atoms with E-state index in [1.54, 1.807) is 6.20 Å². The van der Waals surface area contributed by atoms with Crippen molar-refractivity contribution in [1.82, 2.24) is 9.88 Å². The molecule has 2 atom stereocenters. The minimum absolute atomic E-state index is 0.373. The van der Waals surface area contributed by atoms with Crippen LogP contribution in [0.5, 0.6) is 0 Å². The first-order valence-corrected chi connectivity index (χ1v) is 11.2. The molecule has 0 saturated carbocycles. The van der Waals surface area contributed by atoms with E-state index in [0.29, 0.717) is 26.9 Å². The quantitative estimate of drug-likeness (QED) is 0.424. The van der Waals surface area contributed by atoms with Gasteiger partial charge in [0.1, 0.15) is 5.82 Å². The molecule has 3 nitrogen and oxygen atoms in total. The fraction of sp³-hybridized carbons (Fsp3) is 0.292. The molecule has 1 aliphatic rings. The van der Waals surface area contributed by atoms with Gasteiger partial charge in [0.15, 0.2) is 0 Å². The van der Waals surface area contributed by atoms with Crippen molar-refractivity contribution in [2.45, 2.75) is 12.5 Å². The zero-order chi connectivity index (χ0) is 21.1. The maximum Gasteiger partial charge on any atom is 0.128 e. The van der Waals surface area contributed by atoms with E-state index in [4.69, 9.17) is 34.8 Å². The highest BCUT2D eigenvalue weighted by Gasteiger charge is 2.34. The van der Waals surface area contributed by atoms with Crippen LogP contribution in [-0.2, 0) is 6.54 Å². The number of hydrogen-bond acceptors (Lipinski definition) is 3. The molecular weight excluding hydrogens is 437 g/mol. The molecule has 1 fully saturated rings. The second-order valence-corrected chi connectivity index (χ2v) is 9.19. The third-order valence-corrected chi connectivity index (χ3v) is 6.71. The summed E-state index contributed by atoms with van der Waals surface area (Å²) in [4.78, 5) is 9.20. The van der Waals surface area contributed by atoms with Crippen LogP contribution >= 0.6 is 34.8 Å². The van der Waals surface area contributed by atoms with Gasteiger partial charge in [-0.25, -0.2) is 4.98 Å². The Labute approximate surface area is 193 Å². The predicted octanol–water partition coefficient (Wildman–Crippen LogP) is 6.39. The average Bonchev–Trinajstić information content (AvgIpc) is 3.13. The van der Waals surface area contributed by atoms with E-state index < -0.39 is 0 Å². The molecule has 30 heavy (non-hydrogen) atoms. The molecule has 0 N–H and O–H groups in total. The normalized spacial score (nSPS) is 19.2. The number of nitrogens with zero attached hydrogens (tertiary/aromatic N) is 3. The van der Waals surface area contributed by atoms with E-state index in [-0.39, 0.29) is 0 Å². The summed E-state index contributed by atoms with van der Waals surface area (Å²) in [5.74, 6) is 1.74. The number of hydrogen-bond donors (Lipinski definition) is 0. The zero-order valence-corrected chi connectivity index (χ0v) is 19.1. The minimum Gasteiger partial charge on any atom is -0.359 e. The molecule has 4 rings (SSSR count). The van der Waals surface area contributed by atoms with Crippen molar-refractivity contribution in [2.75, 3.05) is 31.6 Å². The molecule has 2 heterocycles. The lowest BCUT2D eigenvalue weighted by atomic mass is 9.88. The molecule has 0 aliphatic carbocycles. The van der Waals surface area contributed by atoms with Crippen molar-refractivity contribution in [3.63, 3.8) is 0 Å². The Morgan fingerprint density at radius 3 is 2.47 bits per heavy atom. The van der Waals surface area contributed by atoms with Crippen LogP contribution in [0, 0.1) is 5.92 Å². The third kappa shape index (κ3) is 5.09. The van der Waals surface area contributed by atoms with Gasteiger partial charge in [0.2, 0.25) is 0 Å². The minimum atomic E-state index is 0.373. The Bertz CT molecular complexity index is 979. The summed E-state index contributed by atoms with van der Waals surface area (Å²) in [7, 11) is 2.09. The third-order valence-electron chi connectivity index (χ3n) is 5.75. The van der Waals surface area contributed by atoms with Gasteiger partial charge in [0.05, 0.1) is 15.1 Å². The van der Waals surface area contributed by atoms with E-state index in [9.17, 15) is 0 Å². The molecule has 0 unspecified atom stereocenters. The Hall–Kier alpha value is -1.78. The lowest BCUT2D eigenvalue weighted by molar-refractivity contribution is 0.316. The van der Waals surface area contributed by atoms with E-state index in [1.807, 2.05) is 24.3 Å². The monoisotopic (exact) mass is 459 g/mol. The van der Waals surface area contributed by atoms with E-state index in [0.717, 1.165) is 32.0 Å². The lowest BCUT2D eigenvalue weighted by Gasteiger charge is -2.26. The number of aromatic nitrogens is 1. The van der Waals surface area contributed by atoms with Gasteiger partial charge in [0.25, 0.3) is 0 Å². The molecule has 156 valence electrons. The predicted molar refractivity (Wildman–Crippen MR) is 127 cm³/mol. The lowest BCUT2D eigenvalue weighted by Crippen LogP contribution is -2.30. The maximum absolute atomic E-state index is 6.34. The highest BCUT2D eigenvalue weighted by atomic mass is 35.5. The Kier molecular flexibility index (Phi) is 6.84. The maximum atomic E-state index is 6.34. The van der Waals surface area contributed by atoms with Crippen LogP contribution in [0.15, 0.2) is 66.9 Å². The Morgan fingerprint density at radius 2 is 1.77 bits per heavy atom. The first-order valence-electron chi connectivity index (χ1n) is 10.0. The fourth-order valence-corrected chi connectivity index (χ4v) is 4.69. The number of anilines is 1. The van der Waals surface area contributed by atoms with Crippen molar-refractivity contribution in [3.8, 4) is 0 Å². The first kappa shape index (κ1) is 21.5. The molecule has 0 spiro atoms. The second kappa shape index (κ2) is 9.57. The van der Waals surface area contributed by atoms with Crippen LogP contribution in [0.3, 0.4) is 0 Å². The Balaban J connectivity index is 1.55. The number of benzene rings is 2. The molecule has 1 aromatic heterocycles. The van der Waals surface area contributed by atoms with Crippen LogP contribution < -0.4 is 4.90 Å². The van der Waals surface area contributed by atoms with Crippen LogP contribution in [-0.4, -0.2) is 36.6 Å². The summed E-state index contributed by atoms with van der Waals surface area (Å²) >= 11 is 18.5. The van der Waals surface area contributed by atoms with Crippen molar-refractivity contribution >= 4 is 40.6 Å². The Morgan fingerprint density at radius 1 is 0.967 bits per heavy atom. The summed E-state index contributed by atoms with van der Waals surface area (Å²) in [5, 5.41) is 1.86. The summed E-state index contributed by atoms with van der Waals surface area (Å²) in [6.45, 7) is 3.83. The van der Waals surface area contributed by atoms with Crippen molar-refractivity contribution in [1.29, 1.82) is 0 Å². The number of pyridine rings is 1. The summed E-state index contributed by atoms with van der Waals surface area (Å²) in [6, 6.07) is 20.5. The summed E-state index contributed by atoms with van der Waals surface area (Å²) in [5.41, 5.74) is 2.57. The average molecular weight is 461 g/mol. The van der Waals surface area contributed by atoms with Gasteiger partial charge in [-0.2, -0.15) is 0 Å². The standard InChI is InChI=1S/C24H24Cl3N3/c1-29(24-10-8-20(25)12-28-24)14-19-15-30(13-17-5-3-2-4-6-17)16-21(19)18-7-9-22(26)23(27)11-18/h2-12,19,21H,13-16H2,1H3/t19-,21+/m0/s1. The van der Waals surface area contributed by atoms with Crippen LogP contribution in [0.25, 0.3) is 0 Å². The largest absolute Gasteiger partial charge is 0.359 e.